The van der Waals surface area contributed by atoms with Crippen molar-refractivity contribution in [3.8, 4) is 0 Å². The van der Waals surface area contributed by atoms with E-state index in [4.69, 9.17) is 5.73 Å². The van der Waals surface area contributed by atoms with Gasteiger partial charge in [0.25, 0.3) is 0 Å². The fourth-order valence-electron chi connectivity index (χ4n) is 2.38. The summed E-state index contributed by atoms with van der Waals surface area (Å²) in [6, 6.07) is 5.91. The van der Waals surface area contributed by atoms with Crippen molar-refractivity contribution in [1.82, 2.24) is 15.2 Å². The van der Waals surface area contributed by atoms with Crippen LogP contribution in [-0.2, 0) is 4.79 Å². The summed E-state index contributed by atoms with van der Waals surface area (Å²) in [5.74, 6) is 0.353. The average molecular weight is 347 g/mol. The molecule has 2 aliphatic rings. The summed E-state index contributed by atoms with van der Waals surface area (Å²) >= 11 is 2.90. The Morgan fingerprint density at radius 2 is 2.43 bits per heavy atom. The second-order valence-corrected chi connectivity index (χ2v) is 6.89. The number of aliphatic imine (C=N–C) groups is 1. The van der Waals surface area contributed by atoms with Crippen LogP contribution in [0.15, 0.2) is 33.2 Å². The van der Waals surface area contributed by atoms with Gasteiger partial charge in [-0.3, -0.25) is 9.79 Å². The van der Waals surface area contributed by atoms with Gasteiger partial charge >= 0.3 is 0 Å². The second-order valence-electron chi connectivity index (χ2n) is 4.94. The lowest BCUT2D eigenvalue weighted by molar-refractivity contribution is -0.113. The molecule has 0 unspecified atom stereocenters. The number of anilines is 3. The summed E-state index contributed by atoms with van der Waals surface area (Å²) in [5.41, 5.74) is 7.33. The van der Waals surface area contributed by atoms with Crippen molar-refractivity contribution in [1.29, 1.82) is 0 Å². The first kappa shape index (κ1) is 14.4. The van der Waals surface area contributed by atoms with Gasteiger partial charge in [0.2, 0.25) is 17.0 Å². The zero-order valence-corrected chi connectivity index (χ0v) is 13.6. The highest BCUT2D eigenvalue weighted by Crippen LogP contribution is 2.43. The van der Waals surface area contributed by atoms with E-state index < -0.39 is 0 Å². The number of thioether (sulfide) groups is 2. The standard InChI is InChI=1S/C13H13N7OS2/c14-11-17-12(19-18-11)22-6-10(21)16-7-1-2-9-8(5-7)20-4-3-15-13(20)23-9/h1-2,5H,3-4,6H2,(H,16,21)(H3,14,17,18,19). The van der Waals surface area contributed by atoms with Crippen LogP contribution in [0.3, 0.4) is 0 Å². The van der Waals surface area contributed by atoms with Gasteiger partial charge in [0.1, 0.15) is 0 Å². The number of H-pyrrole nitrogens is 1. The Balaban J connectivity index is 1.40. The van der Waals surface area contributed by atoms with Gasteiger partial charge in [0, 0.05) is 17.1 Å². The maximum Gasteiger partial charge on any atom is 0.234 e. The number of carbonyl (C=O) groups excluding carboxylic acids is 1. The molecule has 8 nitrogen and oxygen atoms in total. The molecule has 0 spiro atoms. The van der Waals surface area contributed by atoms with Crippen LogP contribution in [-0.4, -0.2) is 45.1 Å². The molecule has 0 aliphatic carbocycles. The molecule has 4 N–H and O–H groups in total. The summed E-state index contributed by atoms with van der Waals surface area (Å²) < 4.78 is 0. The Kier molecular flexibility index (Phi) is 3.62. The zero-order chi connectivity index (χ0) is 15.8. The highest BCUT2D eigenvalue weighted by atomic mass is 32.2. The summed E-state index contributed by atoms with van der Waals surface area (Å²) in [5, 5.41) is 10.8. The molecule has 2 aromatic rings. The van der Waals surface area contributed by atoms with Gasteiger partial charge in [-0.1, -0.05) is 11.8 Å². The lowest BCUT2D eigenvalue weighted by Gasteiger charge is -2.13. The van der Waals surface area contributed by atoms with Crippen molar-refractivity contribution < 1.29 is 4.79 Å². The lowest BCUT2D eigenvalue weighted by Crippen LogP contribution is -2.21. The molecule has 4 rings (SSSR count). The van der Waals surface area contributed by atoms with Gasteiger partial charge < -0.3 is 16.0 Å². The Labute approximate surface area is 140 Å². The van der Waals surface area contributed by atoms with Crippen molar-refractivity contribution in [3.63, 3.8) is 0 Å². The van der Waals surface area contributed by atoms with E-state index in [1.165, 1.54) is 16.7 Å². The quantitative estimate of drug-likeness (QED) is 0.717. The molecule has 1 aromatic heterocycles. The largest absolute Gasteiger partial charge is 0.368 e. The maximum atomic E-state index is 12.0. The number of hydrogen-bond acceptors (Lipinski definition) is 8. The third kappa shape index (κ3) is 2.86. The highest BCUT2D eigenvalue weighted by molar-refractivity contribution is 8.14. The molecule has 0 saturated heterocycles. The molecule has 0 bridgehead atoms. The number of nitrogens with zero attached hydrogens (tertiary/aromatic N) is 4. The Morgan fingerprint density at radius 3 is 3.26 bits per heavy atom. The maximum absolute atomic E-state index is 12.0. The molecule has 10 heteroatoms. The predicted octanol–water partition coefficient (Wildman–Crippen LogP) is 1.40. The van der Waals surface area contributed by atoms with E-state index in [0.717, 1.165) is 29.6 Å². The van der Waals surface area contributed by atoms with Crippen molar-refractivity contribution in [3.05, 3.63) is 18.2 Å². The zero-order valence-electron chi connectivity index (χ0n) is 11.9. The number of rotatable bonds is 4. The molecule has 1 aromatic carbocycles. The SMILES string of the molecule is Nc1nc(SCC(=O)Nc2ccc3c(c2)N2CCN=C2S3)n[nH]1. The molecule has 118 valence electrons. The van der Waals surface area contributed by atoms with Gasteiger partial charge in [-0.05, 0) is 30.0 Å². The van der Waals surface area contributed by atoms with Crippen molar-refractivity contribution in [2.45, 2.75) is 10.1 Å². The molecular formula is C13H13N7OS2. The van der Waals surface area contributed by atoms with Crippen LogP contribution < -0.4 is 16.0 Å². The van der Waals surface area contributed by atoms with E-state index in [1.54, 1.807) is 11.8 Å². The lowest BCUT2D eigenvalue weighted by atomic mass is 10.2. The molecule has 23 heavy (non-hydrogen) atoms. The van der Waals surface area contributed by atoms with Crippen LogP contribution in [0.2, 0.25) is 0 Å². The van der Waals surface area contributed by atoms with Crippen LogP contribution in [0.4, 0.5) is 17.3 Å². The topological polar surface area (TPSA) is 112 Å². The van der Waals surface area contributed by atoms with E-state index in [9.17, 15) is 4.79 Å². The van der Waals surface area contributed by atoms with Gasteiger partial charge in [-0.15, -0.1) is 5.10 Å². The molecule has 3 heterocycles. The van der Waals surface area contributed by atoms with Gasteiger partial charge in [0.15, 0.2) is 5.17 Å². The van der Waals surface area contributed by atoms with Crippen molar-refractivity contribution in [2.75, 3.05) is 34.8 Å². The summed E-state index contributed by atoms with van der Waals surface area (Å²) in [4.78, 5) is 23.8. The molecule has 0 saturated carbocycles. The monoisotopic (exact) mass is 347 g/mol. The number of amides is 1. The minimum atomic E-state index is -0.112. The molecule has 0 atom stereocenters. The van der Waals surface area contributed by atoms with Crippen molar-refractivity contribution in [2.24, 2.45) is 4.99 Å². The van der Waals surface area contributed by atoms with E-state index in [1.807, 2.05) is 18.2 Å². The third-order valence-electron chi connectivity index (χ3n) is 3.35. The summed E-state index contributed by atoms with van der Waals surface area (Å²) in [6.45, 7) is 1.73. The number of nitrogen functional groups attached to an aromatic ring is 1. The number of nitrogens with one attached hydrogen (secondary N) is 2. The highest BCUT2D eigenvalue weighted by Gasteiger charge is 2.29. The van der Waals surface area contributed by atoms with E-state index >= 15 is 0 Å². The average Bonchev–Trinajstić information content (AvgIpc) is 3.21. The predicted molar refractivity (Wildman–Crippen MR) is 92.1 cm³/mol. The van der Waals surface area contributed by atoms with Crippen LogP contribution >= 0.6 is 23.5 Å². The number of aromatic nitrogens is 3. The molecule has 1 amide bonds. The van der Waals surface area contributed by atoms with Gasteiger partial charge in [-0.2, -0.15) is 4.98 Å². The van der Waals surface area contributed by atoms with Crippen LogP contribution in [0.25, 0.3) is 0 Å². The number of nitrogens with two attached hydrogens (primary N) is 1. The second kappa shape index (κ2) is 5.78. The molecule has 0 fully saturated rings. The fraction of sp³-hybridized carbons (Fsp3) is 0.231. The Hall–Kier alpha value is -2.20. The summed E-state index contributed by atoms with van der Waals surface area (Å²) in [7, 11) is 0. The van der Waals surface area contributed by atoms with Crippen LogP contribution in [0.5, 0.6) is 0 Å². The number of aromatic amines is 1. The Morgan fingerprint density at radius 1 is 1.52 bits per heavy atom. The summed E-state index contributed by atoms with van der Waals surface area (Å²) in [6.07, 6.45) is 0. The minimum absolute atomic E-state index is 0.112. The third-order valence-corrected chi connectivity index (χ3v) is 5.30. The number of benzene rings is 1. The number of hydrogen-bond donors (Lipinski definition) is 3. The van der Waals surface area contributed by atoms with E-state index in [2.05, 4.69) is 30.4 Å². The van der Waals surface area contributed by atoms with E-state index in [-0.39, 0.29) is 17.6 Å². The number of fused-ring (bicyclic) bond motifs is 3. The molecule has 0 radical (unpaired) electrons. The first-order chi connectivity index (χ1) is 11.2. The smallest absolute Gasteiger partial charge is 0.234 e. The van der Waals surface area contributed by atoms with Crippen LogP contribution in [0, 0.1) is 0 Å². The first-order valence-electron chi connectivity index (χ1n) is 6.93. The number of carbonyl (C=O) groups is 1. The van der Waals surface area contributed by atoms with Crippen LogP contribution in [0.1, 0.15) is 0 Å². The normalized spacial score (nSPS) is 15.3. The first-order valence-corrected chi connectivity index (χ1v) is 8.74. The van der Waals surface area contributed by atoms with E-state index in [0.29, 0.717) is 5.16 Å². The fourth-order valence-corrected chi connectivity index (χ4v) is 4.05. The number of amidine groups is 1. The molecule has 2 aliphatic heterocycles. The minimum Gasteiger partial charge on any atom is -0.368 e. The van der Waals surface area contributed by atoms with Gasteiger partial charge in [0.05, 0.1) is 18.0 Å². The Bertz CT molecular complexity index is 803. The van der Waals surface area contributed by atoms with Gasteiger partial charge in [-0.25, -0.2) is 5.10 Å². The van der Waals surface area contributed by atoms with Crippen molar-refractivity contribution >= 4 is 51.9 Å². The molecular weight excluding hydrogens is 334 g/mol.